The summed E-state index contributed by atoms with van der Waals surface area (Å²) in [5.74, 6) is 0. The molecule has 0 aliphatic rings. The molecule has 1 nitrogen and oxygen atoms in total. The van der Waals surface area contributed by atoms with E-state index in [0.717, 1.165) is 0 Å². The number of aromatic nitrogens is 1. The minimum Gasteiger partial charge on any atom is -0.309 e. The summed E-state index contributed by atoms with van der Waals surface area (Å²) in [5.41, 5.74) is 11.2. The lowest BCUT2D eigenvalue weighted by Crippen LogP contribution is -1.95. The molecule has 0 N–H and O–H groups in total. The molecule has 0 unspecified atom stereocenters. The highest BCUT2D eigenvalue weighted by atomic mass is 15.0. The van der Waals surface area contributed by atoms with E-state index >= 15 is 0 Å². The lowest BCUT2D eigenvalue weighted by Gasteiger charge is -2.18. The first-order valence-corrected chi connectivity index (χ1v) is 15.0. The zero-order valence-electron chi connectivity index (χ0n) is 24.4. The number of allylic oxidation sites excluding steroid dienone is 2. The highest BCUT2D eigenvalue weighted by Crippen LogP contribution is 2.44. The average molecular weight is 550 g/mol. The molecular formula is C42H31N. The van der Waals surface area contributed by atoms with Gasteiger partial charge in [-0.2, -0.15) is 0 Å². The van der Waals surface area contributed by atoms with Gasteiger partial charge in [0, 0.05) is 16.5 Å². The van der Waals surface area contributed by atoms with Gasteiger partial charge in [-0.05, 0) is 99.1 Å². The summed E-state index contributed by atoms with van der Waals surface area (Å²) < 4.78 is 2.40. The van der Waals surface area contributed by atoms with Crippen LogP contribution < -0.4 is 0 Å². The first-order valence-electron chi connectivity index (χ1n) is 15.0. The van der Waals surface area contributed by atoms with Crippen molar-refractivity contribution in [2.45, 2.75) is 13.8 Å². The molecule has 0 spiro atoms. The van der Waals surface area contributed by atoms with Crippen molar-refractivity contribution < 1.29 is 0 Å². The van der Waals surface area contributed by atoms with E-state index in [4.69, 9.17) is 0 Å². The van der Waals surface area contributed by atoms with E-state index in [9.17, 15) is 0 Å². The maximum atomic E-state index is 2.40. The number of fused-ring (bicyclic) bond motifs is 5. The van der Waals surface area contributed by atoms with Crippen LogP contribution in [0.15, 0.2) is 152 Å². The first-order chi connectivity index (χ1) is 21.2. The summed E-state index contributed by atoms with van der Waals surface area (Å²) in [6.45, 7) is 4.28. The van der Waals surface area contributed by atoms with Gasteiger partial charge in [0.2, 0.25) is 0 Å². The van der Waals surface area contributed by atoms with E-state index in [1.165, 1.54) is 82.4 Å². The highest BCUT2D eigenvalue weighted by Gasteiger charge is 2.17. The Bertz CT molecular complexity index is 2280. The molecule has 0 aliphatic carbocycles. The zero-order chi connectivity index (χ0) is 28.9. The van der Waals surface area contributed by atoms with Crippen molar-refractivity contribution >= 4 is 48.9 Å². The molecule has 8 aromatic rings. The molecule has 0 bridgehead atoms. The first kappa shape index (κ1) is 25.3. The Morgan fingerprint density at radius 1 is 0.465 bits per heavy atom. The molecule has 0 atom stereocenters. The summed E-state index contributed by atoms with van der Waals surface area (Å²) >= 11 is 0. The molecule has 1 heteroatoms. The predicted octanol–water partition coefficient (Wildman–Crippen LogP) is 11.8. The third kappa shape index (κ3) is 4.00. The van der Waals surface area contributed by atoms with E-state index in [2.05, 4.69) is 170 Å². The van der Waals surface area contributed by atoms with Gasteiger partial charge in [-0.15, -0.1) is 0 Å². The Kier molecular flexibility index (Phi) is 5.98. The second-order valence-corrected chi connectivity index (χ2v) is 11.3. The summed E-state index contributed by atoms with van der Waals surface area (Å²) in [6, 6.07) is 53.2. The molecule has 1 aromatic heterocycles. The van der Waals surface area contributed by atoms with Gasteiger partial charge in [-0.25, -0.2) is 0 Å². The number of para-hydroxylation sites is 1. The topological polar surface area (TPSA) is 4.93 Å². The van der Waals surface area contributed by atoms with Crippen LogP contribution >= 0.6 is 0 Å². The van der Waals surface area contributed by atoms with E-state index in [1.807, 2.05) is 0 Å². The minimum absolute atomic E-state index is 1.17. The van der Waals surface area contributed by atoms with Gasteiger partial charge >= 0.3 is 0 Å². The standard InChI is InChI=1S/C42H31N/c1-3-28(2)31-23-26-40-38(27-31)33-15-11-12-20-39(33)43(40)32-24-21-30(22-25-32)42-36-18-9-7-16-34(36)41(29-13-5-4-6-14-29)35-17-8-10-19-37(35)42/h3-27H,1-2H3. The fourth-order valence-corrected chi connectivity index (χ4v) is 6.80. The minimum atomic E-state index is 1.17. The predicted molar refractivity (Wildman–Crippen MR) is 186 cm³/mol. The monoisotopic (exact) mass is 549 g/mol. The third-order valence-electron chi connectivity index (χ3n) is 8.97. The van der Waals surface area contributed by atoms with Crippen molar-refractivity contribution in [3.63, 3.8) is 0 Å². The molecule has 0 saturated heterocycles. The van der Waals surface area contributed by atoms with Crippen LogP contribution in [0.5, 0.6) is 0 Å². The van der Waals surface area contributed by atoms with Crippen molar-refractivity contribution in [2.24, 2.45) is 0 Å². The molecule has 43 heavy (non-hydrogen) atoms. The normalized spacial score (nSPS) is 12.1. The van der Waals surface area contributed by atoms with Crippen molar-refractivity contribution in [1.82, 2.24) is 4.57 Å². The average Bonchev–Trinajstić information content (AvgIpc) is 3.41. The molecule has 7 aromatic carbocycles. The van der Waals surface area contributed by atoms with E-state index in [1.54, 1.807) is 0 Å². The Morgan fingerprint density at radius 3 is 1.53 bits per heavy atom. The maximum absolute atomic E-state index is 2.40. The molecule has 0 saturated carbocycles. The van der Waals surface area contributed by atoms with Crippen molar-refractivity contribution in [1.29, 1.82) is 0 Å². The Morgan fingerprint density at radius 2 is 0.953 bits per heavy atom. The third-order valence-corrected chi connectivity index (χ3v) is 8.97. The summed E-state index contributed by atoms with van der Waals surface area (Å²) in [7, 11) is 0. The molecular weight excluding hydrogens is 518 g/mol. The number of rotatable bonds is 4. The van der Waals surface area contributed by atoms with Crippen LogP contribution in [-0.2, 0) is 0 Å². The zero-order valence-corrected chi connectivity index (χ0v) is 24.4. The summed E-state index contributed by atoms with van der Waals surface area (Å²) in [4.78, 5) is 0. The molecule has 1 heterocycles. The van der Waals surface area contributed by atoms with Crippen molar-refractivity contribution in [3.05, 3.63) is 157 Å². The van der Waals surface area contributed by atoms with Crippen LogP contribution in [0.1, 0.15) is 19.4 Å². The summed E-state index contributed by atoms with van der Waals surface area (Å²) in [6.07, 6.45) is 2.18. The quantitative estimate of drug-likeness (QED) is 0.192. The van der Waals surface area contributed by atoms with Gasteiger partial charge in [0.25, 0.3) is 0 Å². The lowest BCUT2D eigenvalue weighted by atomic mass is 9.86. The van der Waals surface area contributed by atoms with Gasteiger partial charge < -0.3 is 4.57 Å². The van der Waals surface area contributed by atoms with Crippen LogP contribution in [-0.4, -0.2) is 4.57 Å². The van der Waals surface area contributed by atoms with Gasteiger partial charge in [0.1, 0.15) is 0 Å². The van der Waals surface area contributed by atoms with Crippen molar-refractivity contribution in [3.8, 4) is 27.9 Å². The molecule has 0 radical (unpaired) electrons. The Balaban J connectivity index is 1.35. The Hall–Kier alpha value is -5.40. The largest absolute Gasteiger partial charge is 0.309 e. The number of benzene rings is 7. The maximum Gasteiger partial charge on any atom is 0.0541 e. The highest BCUT2D eigenvalue weighted by molar-refractivity contribution is 6.21. The van der Waals surface area contributed by atoms with Gasteiger partial charge in [-0.3, -0.25) is 0 Å². The number of hydrogen-bond donors (Lipinski definition) is 0. The molecule has 0 amide bonds. The number of hydrogen-bond acceptors (Lipinski definition) is 0. The Labute approximate surface area is 252 Å². The lowest BCUT2D eigenvalue weighted by molar-refractivity contribution is 1.18. The molecule has 204 valence electrons. The van der Waals surface area contributed by atoms with Gasteiger partial charge in [0.15, 0.2) is 0 Å². The van der Waals surface area contributed by atoms with Crippen molar-refractivity contribution in [2.75, 3.05) is 0 Å². The van der Waals surface area contributed by atoms with E-state index < -0.39 is 0 Å². The fourth-order valence-electron chi connectivity index (χ4n) is 6.80. The van der Waals surface area contributed by atoms with Crippen LogP contribution in [0.3, 0.4) is 0 Å². The summed E-state index contributed by atoms with van der Waals surface area (Å²) in [5, 5.41) is 7.67. The second kappa shape index (κ2) is 10.2. The van der Waals surface area contributed by atoms with E-state index in [-0.39, 0.29) is 0 Å². The van der Waals surface area contributed by atoms with Crippen LogP contribution in [0, 0.1) is 0 Å². The molecule has 0 aliphatic heterocycles. The van der Waals surface area contributed by atoms with Crippen LogP contribution in [0.25, 0.3) is 76.9 Å². The second-order valence-electron chi connectivity index (χ2n) is 11.3. The molecule has 8 rings (SSSR count). The fraction of sp³-hybridized carbons (Fsp3) is 0.0476. The smallest absolute Gasteiger partial charge is 0.0541 e. The SMILES string of the molecule is CC=C(C)c1ccc2c(c1)c1ccccc1n2-c1ccc(-c2c3ccccc3c(-c3ccccc3)c3ccccc23)cc1. The van der Waals surface area contributed by atoms with Crippen LogP contribution in [0.2, 0.25) is 0 Å². The molecule has 0 fully saturated rings. The van der Waals surface area contributed by atoms with E-state index in [0.29, 0.717) is 0 Å². The van der Waals surface area contributed by atoms with Gasteiger partial charge in [-0.1, -0.05) is 121 Å². The van der Waals surface area contributed by atoms with Gasteiger partial charge in [0.05, 0.1) is 11.0 Å². The number of nitrogens with zero attached hydrogens (tertiary/aromatic N) is 1. The van der Waals surface area contributed by atoms with Crippen LogP contribution in [0.4, 0.5) is 0 Å².